The van der Waals surface area contributed by atoms with Crippen molar-refractivity contribution in [3.63, 3.8) is 0 Å². The van der Waals surface area contributed by atoms with Crippen molar-refractivity contribution in [2.45, 2.75) is 13.1 Å². The molecule has 0 aliphatic carbocycles. The molecule has 0 unspecified atom stereocenters. The number of ether oxygens (including phenoxy) is 1. The van der Waals surface area contributed by atoms with Gasteiger partial charge in [0.2, 0.25) is 0 Å². The van der Waals surface area contributed by atoms with Crippen LogP contribution < -0.4 is 10.5 Å². The molecule has 0 spiro atoms. The molecule has 1 heterocycles. The molecule has 3 N–H and O–H groups in total. The maximum Gasteiger partial charge on any atom is 0.416 e. The first kappa shape index (κ1) is 14.8. The number of hydrogen-bond acceptors (Lipinski definition) is 3. The topological polar surface area (TPSA) is 72.0 Å². The number of benzene rings is 1. The monoisotopic (exact) mass is 295 g/mol. The van der Waals surface area contributed by atoms with Crippen LogP contribution >= 0.6 is 0 Å². The van der Waals surface area contributed by atoms with E-state index in [1.165, 1.54) is 0 Å². The van der Waals surface area contributed by atoms with Crippen LogP contribution in [-0.4, -0.2) is 10.8 Å². The molecule has 7 heteroatoms. The summed E-state index contributed by atoms with van der Waals surface area (Å²) in [7, 11) is 0. The summed E-state index contributed by atoms with van der Waals surface area (Å²) >= 11 is 0. The van der Waals surface area contributed by atoms with Crippen molar-refractivity contribution >= 4 is 5.84 Å². The molecule has 1 aromatic heterocycles. The lowest BCUT2D eigenvalue weighted by Crippen LogP contribution is -2.15. The fraction of sp³-hybridized carbons (Fsp3) is 0.143. The molecule has 4 nitrogen and oxygen atoms in total. The number of amidine groups is 1. The van der Waals surface area contributed by atoms with Crippen LogP contribution in [0.25, 0.3) is 0 Å². The number of halogens is 3. The highest BCUT2D eigenvalue weighted by atomic mass is 19.4. The Morgan fingerprint density at radius 1 is 1.24 bits per heavy atom. The number of hydrogen-bond donors (Lipinski definition) is 2. The molecular formula is C14H12F3N3O. The van der Waals surface area contributed by atoms with E-state index in [4.69, 9.17) is 15.9 Å². The average molecular weight is 295 g/mol. The minimum absolute atomic E-state index is 0.0756. The predicted octanol–water partition coefficient (Wildman–Crippen LogP) is 3.49. The lowest BCUT2D eigenvalue weighted by Gasteiger charge is -2.14. The number of nitrogens with one attached hydrogen (secondary N) is 1. The number of pyridine rings is 1. The molecule has 0 aliphatic heterocycles. The zero-order valence-corrected chi connectivity index (χ0v) is 11.0. The van der Waals surface area contributed by atoms with Crippen LogP contribution in [-0.2, 0) is 6.18 Å². The maximum atomic E-state index is 12.7. The second-order valence-corrected chi connectivity index (χ2v) is 4.31. The smallest absolute Gasteiger partial charge is 0.416 e. The summed E-state index contributed by atoms with van der Waals surface area (Å²) in [6, 6.07) is 6.09. The Bertz CT molecular complexity index is 683. The van der Waals surface area contributed by atoms with Crippen LogP contribution in [0.2, 0.25) is 0 Å². The SMILES string of the molecule is Cc1ncccc1Oc1ccc(C(F)(F)F)cc1C(=N)N. The standard InChI is InChI=1S/C14H12F3N3O/c1-8-11(3-2-6-20-8)21-12-5-4-9(14(15,16)17)7-10(12)13(18)19/h2-7H,1H3,(H3,18,19). The summed E-state index contributed by atoms with van der Waals surface area (Å²) in [6.45, 7) is 1.70. The summed E-state index contributed by atoms with van der Waals surface area (Å²) in [5.41, 5.74) is 4.91. The molecule has 0 saturated carbocycles. The molecule has 0 bridgehead atoms. The zero-order valence-electron chi connectivity index (χ0n) is 11.0. The van der Waals surface area contributed by atoms with Crippen LogP contribution in [0.5, 0.6) is 11.5 Å². The van der Waals surface area contributed by atoms with Gasteiger partial charge < -0.3 is 10.5 Å². The van der Waals surface area contributed by atoms with Gasteiger partial charge in [0, 0.05) is 6.20 Å². The lowest BCUT2D eigenvalue weighted by molar-refractivity contribution is -0.137. The summed E-state index contributed by atoms with van der Waals surface area (Å²) in [5.74, 6) is -0.0380. The van der Waals surface area contributed by atoms with E-state index in [-0.39, 0.29) is 11.3 Å². The molecule has 2 aromatic rings. The number of nitrogens with two attached hydrogens (primary N) is 1. The largest absolute Gasteiger partial charge is 0.455 e. The number of aromatic nitrogens is 1. The van der Waals surface area contributed by atoms with Crippen molar-refractivity contribution < 1.29 is 17.9 Å². The summed E-state index contributed by atoms with van der Waals surface area (Å²) in [4.78, 5) is 4.02. The van der Waals surface area contributed by atoms with Crippen molar-refractivity contribution in [1.29, 1.82) is 5.41 Å². The van der Waals surface area contributed by atoms with Gasteiger partial charge >= 0.3 is 6.18 Å². The highest BCUT2D eigenvalue weighted by molar-refractivity contribution is 5.98. The molecule has 0 fully saturated rings. The number of rotatable bonds is 3. The molecule has 21 heavy (non-hydrogen) atoms. The second-order valence-electron chi connectivity index (χ2n) is 4.31. The van der Waals surface area contributed by atoms with E-state index in [1.807, 2.05) is 0 Å². The molecule has 0 atom stereocenters. The van der Waals surface area contributed by atoms with E-state index in [0.29, 0.717) is 11.4 Å². The van der Waals surface area contributed by atoms with Crippen molar-refractivity contribution in [2.24, 2.45) is 5.73 Å². The normalized spacial score (nSPS) is 11.2. The van der Waals surface area contributed by atoms with E-state index in [0.717, 1.165) is 18.2 Å². The fourth-order valence-corrected chi connectivity index (χ4v) is 1.70. The molecule has 110 valence electrons. The molecule has 0 saturated heterocycles. The summed E-state index contributed by atoms with van der Waals surface area (Å²) < 4.78 is 43.6. The van der Waals surface area contributed by atoms with Gasteiger partial charge in [0.05, 0.1) is 16.8 Å². The predicted molar refractivity (Wildman–Crippen MR) is 71.5 cm³/mol. The third-order valence-corrected chi connectivity index (χ3v) is 2.78. The van der Waals surface area contributed by atoms with E-state index >= 15 is 0 Å². The Kier molecular flexibility index (Phi) is 3.84. The fourth-order valence-electron chi connectivity index (χ4n) is 1.70. The molecule has 2 rings (SSSR count). The molecule has 0 amide bonds. The number of nitrogens with zero attached hydrogens (tertiary/aromatic N) is 1. The van der Waals surface area contributed by atoms with Crippen LogP contribution in [0.15, 0.2) is 36.5 Å². The third-order valence-electron chi connectivity index (χ3n) is 2.78. The van der Waals surface area contributed by atoms with Gasteiger partial charge in [-0.3, -0.25) is 10.4 Å². The Morgan fingerprint density at radius 2 is 1.95 bits per heavy atom. The molecule has 0 aliphatic rings. The van der Waals surface area contributed by atoms with Gasteiger partial charge in [-0.15, -0.1) is 0 Å². The maximum absolute atomic E-state index is 12.7. The van der Waals surface area contributed by atoms with Gasteiger partial charge in [-0.25, -0.2) is 0 Å². The Balaban J connectivity index is 2.45. The van der Waals surface area contributed by atoms with Gasteiger partial charge in [-0.1, -0.05) is 0 Å². The first-order valence-corrected chi connectivity index (χ1v) is 5.94. The molecule has 1 aromatic carbocycles. The van der Waals surface area contributed by atoms with E-state index < -0.39 is 17.6 Å². The minimum Gasteiger partial charge on any atom is -0.455 e. The van der Waals surface area contributed by atoms with Crippen molar-refractivity contribution in [3.05, 3.63) is 53.3 Å². The number of alkyl halides is 3. The second kappa shape index (κ2) is 5.43. The number of nitrogen functional groups attached to an aromatic ring is 1. The average Bonchev–Trinajstić information content (AvgIpc) is 2.40. The quantitative estimate of drug-likeness (QED) is 0.672. The molecular weight excluding hydrogens is 283 g/mol. The van der Waals surface area contributed by atoms with Crippen molar-refractivity contribution in [2.75, 3.05) is 0 Å². The van der Waals surface area contributed by atoms with Gasteiger partial charge in [0.1, 0.15) is 17.3 Å². The van der Waals surface area contributed by atoms with Crippen LogP contribution in [0, 0.1) is 12.3 Å². The highest BCUT2D eigenvalue weighted by Gasteiger charge is 2.31. The Hall–Kier alpha value is -2.57. The van der Waals surface area contributed by atoms with Crippen LogP contribution in [0.4, 0.5) is 13.2 Å². The van der Waals surface area contributed by atoms with E-state index in [1.54, 1.807) is 25.3 Å². The first-order valence-electron chi connectivity index (χ1n) is 5.94. The van der Waals surface area contributed by atoms with Crippen LogP contribution in [0.3, 0.4) is 0 Å². The van der Waals surface area contributed by atoms with Gasteiger partial charge in [0.25, 0.3) is 0 Å². The van der Waals surface area contributed by atoms with Crippen LogP contribution in [0.1, 0.15) is 16.8 Å². The summed E-state index contributed by atoms with van der Waals surface area (Å²) in [5, 5.41) is 7.41. The minimum atomic E-state index is -4.51. The highest BCUT2D eigenvalue weighted by Crippen LogP contribution is 2.34. The van der Waals surface area contributed by atoms with Gasteiger partial charge in [-0.05, 0) is 37.3 Å². The zero-order chi connectivity index (χ0) is 15.6. The van der Waals surface area contributed by atoms with E-state index in [9.17, 15) is 13.2 Å². The number of aryl methyl sites for hydroxylation is 1. The third kappa shape index (κ3) is 3.31. The van der Waals surface area contributed by atoms with Gasteiger partial charge in [0.15, 0.2) is 0 Å². The Morgan fingerprint density at radius 3 is 2.52 bits per heavy atom. The van der Waals surface area contributed by atoms with E-state index in [2.05, 4.69) is 4.98 Å². The first-order chi connectivity index (χ1) is 9.79. The Labute approximate surface area is 118 Å². The lowest BCUT2D eigenvalue weighted by atomic mass is 10.1. The van der Waals surface area contributed by atoms with Gasteiger partial charge in [-0.2, -0.15) is 13.2 Å². The van der Waals surface area contributed by atoms with Crippen molar-refractivity contribution in [3.8, 4) is 11.5 Å². The molecule has 0 radical (unpaired) electrons. The van der Waals surface area contributed by atoms with Crippen molar-refractivity contribution in [1.82, 2.24) is 4.98 Å². The summed E-state index contributed by atoms with van der Waals surface area (Å²) in [6.07, 6.45) is -2.94.